The molecule has 0 fully saturated rings. The van der Waals surface area contributed by atoms with Crippen molar-refractivity contribution in [3.8, 4) is 17.6 Å². The van der Waals surface area contributed by atoms with Crippen molar-refractivity contribution in [2.24, 2.45) is 0 Å². The van der Waals surface area contributed by atoms with Gasteiger partial charge in [0.05, 0.1) is 12.0 Å². The van der Waals surface area contributed by atoms with Crippen LogP contribution in [0.1, 0.15) is 5.56 Å². The van der Waals surface area contributed by atoms with Crippen LogP contribution in [0.2, 0.25) is 0 Å². The Balaban J connectivity index is 2.29. The van der Waals surface area contributed by atoms with E-state index in [9.17, 15) is 25.3 Å². The molecule has 2 rings (SSSR count). The van der Waals surface area contributed by atoms with Gasteiger partial charge in [0.25, 0.3) is 5.91 Å². The molecule has 0 radical (unpaired) electrons. The Morgan fingerprint density at radius 3 is 2.56 bits per heavy atom. The average Bonchev–Trinajstić information content (AvgIpc) is 2.61. The van der Waals surface area contributed by atoms with E-state index in [0.717, 1.165) is 0 Å². The minimum atomic E-state index is -0.674. The third-order valence-corrected chi connectivity index (χ3v) is 3.20. The molecule has 8 nitrogen and oxygen atoms in total. The normalized spacial score (nSPS) is 10.6. The smallest absolute Gasteiger partial charge is 0.311 e. The third-order valence-electron chi connectivity index (χ3n) is 3.20. The summed E-state index contributed by atoms with van der Waals surface area (Å²) in [7, 11) is 1.31. The summed E-state index contributed by atoms with van der Waals surface area (Å²) >= 11 is 0. The van der Waals surface area contributed by atoms with Gasteiger partial charge in [-0.1, -0.05) is 6.07 Å². The van der Waals surface area contributed by atoms with Gasteiger partial charge in [-0.25, -0.2) is 0 Å². The maximum absolute atomic E-state index is 12.2. The zero-order valence-electron chi connectivity index (χ0n) is 13.1. The number of ether oxygens (including phenoxy) is 1. The van der Waals surface area contributed by atoms with Gasteiger partial charge in [-0.3, -0.25) is 14.9 Å². The summed E-state index contributed by atoms with van der Waals surface area (Å²) in [6, 6.07) is 11.6. The number of nitrogens with zero attached hydrogens (tertiary/aromatic N) is 2. The number of hydrogen-bond acceptors (Lipinski definition) is 6. The molecule has 0 aromatic heterocycles. The second-order valence-electron chi connectivity index (χ2n) is 4.86. The molecule has 8 heteroatoms. The molecule has 0 unspecified atom stereocenters. The largest absolute Gasteiger partial charge is 0.508 e. The van der Waals surface area contributed by atoms with Crippen LogP contribution in [-0.2, 0) is 4.79 Å². The number of rotatable bonds is 5. The Kier molecular flexibility index (Phi) is 5.32. The lowest BCUT2D eigenvalue weighted by Crippen LogP contribution is -2.13. The van der Waals surface area contributed by atoms with Crippen molar-refractivity contribution in [1.82, 2.24) is 0 Å². The molecular formula is C17H13N3O5. The molecule has 0 bridgehead atoms. The number of nitriles is 1. The number of phenols is 1. The zero-order chi connectivity index (χ0) is 18.4. The highest BCUT2D eigenvalue weighted by Gasteiger charge is 2.16. The Morgan fingerprint density at radius 2 is 2.00 bits per heavy atom. The van der Waals surface area contributed by atoms with E-state index in [4.69, 9.17) is 4.74 Å². The van der Waals surface area contributed by atoms with Gasteiger partial charge in [0.2, 0.25) is 0 Å². The number of amides is 1. The number of carbonyl (C=O) groups excluding carboxylic acids is 1. The summed E-state index contributed by atoms with van der Waals surface area (Å²) in [6.45, 7) is 0. The van der Waals surface area contributed by atoms with E-state index in [-0.39, 0.29) is 22.8 Å². The molecule has 0 saturated carbocycles. The van der Waals surface area contributed by atoms with Gasteiger partial charge < -0.3 is 15.2 Å². The number of anilines is 1. The minimum Gasteiger partial charge on any atom is -0.508 e. The highest BCUT2D eigenvalue weighted by atomic mass is 16.6. The molecule has 0 saturated heterocycles. The van der Waals surface area contributed by atoms with Gasteiger partial charge in [0, 0.05) is 11.8 Å². The maximum atomic E-state index is 12.2. The van der Waals surface area contributed by atoms with Crippen LogP contribution >= 0.6 is 0 Å². The highest BCUT2D eigenvalue weighted by Crippen LogP contribution is 2.28. The van der Waals surface area contributed by atoms with E-state index >= 15 is 0 Å². The quantitative estimate of drug-likeness (QED) is 0.284. The molecule has 25 heavy (non-hydrogen) atoms. The van der Waals surface area contributed by atoms with Crippen LogP contribution in [0.15, 0.2) is 48.0 Å². The predicted octanol–water partition coefficient (Wildman–Crippen LogP) is 2.85. The predicted molar refractivity (Wildman–Crippen MR) is 90.0 cm³/mol. The number of benzene rings is 2. The van der Waals surface area contributed by atoms with Crippen molar-refractivity contribution in [3.63, 3.8) is 0 Å². The summed E-state index contributed by atoms with van der Waals surface area (Å²) in [5.41, 5.74) is 0.203. The molecule has 126 valence electrons. The Hall–Kier alpha value is -3.86. The minimum absolute atomic E-state index is 0.0413. The van der Waals surface area contributed by atoms with Crippen LogP contribution in [0.25, 0.3) is 6.08 Å². The number of phenolic OH excluding ortho intramolecular Hbond substituents is 1. The zero-order valence-corrected chi connectivity index (χ0v) is 13.1. The first-order valence-corrected chi connectivity index (χ1v) is 6.99. The van der Waals surface area contributed by atoms with Gasteiger partial charge in [-0.15, -0.1) is 0 Å². The molecule has 0 atom stereocenters. The lowest BCUT2D eigenvalue weighted by Gasteiger charge is -2.05. The molecule has 0 aliphatic rings. The molecule has 0 heterocycles. The van der Waals surface area contributed by atoms with Gasteiger partial charge in [-0.2, -0.15) is 5.26 Å². The molecule has 2 aromatic rings. The van der Waals surface area contributed by atoms with E-state index in [1.807, 2.05) is 0 Å². The lowest BCUT2D eigenvalue weighted by atomic mass is 10.1. The van der Waals surface area contributed by atoms with Crippen molar-refractivity contribution < 1.29 is 19.6 Å². The standard InChI is InChI=1S/C17H13N3O5/c1-25-16-7-2-11(9-15(16)20(23)24)8-12(10-18)17(22)19-13-3-5-14(21)6-4-13/h2-9,21H,1H3,(H,19,22)/b12-8+. The molecule has 1 amide bonds. The van der Waals surface area contributed by atoms with Crippen LogP contribution in [0.5, 0.6) is 11.5 Å². The highest BCUT2D eigenvalue weighted by molar-refractivity contribution is 6.09. The molecule has 2 aromatic carbocycles. The van der Waals surface area contributed by atoms with Crippen molar-refractivity contribution in [2.75, 3.05) is 12.4 Å². The van der Waals surface area contributed by atoms with Crippen molar-refractivity contribution in [1.29, 1.82) is 5.26 Å². The van der Waals surface area contributed by atoms with E-state index in [1.165, 1.54) is 55.7 Å². The Labute approximate surface area is 142 Å². The SMILES string of the molecule is COc1ccc(/C=C(\C#N)C(=O)Nc2ccc(O)cc2)cc1[N+](=O)[O-]. The molecule has 0 aliphatic heterocycles. The Morgan fingerprint density at radius 1 is 1.32 bits per heavy atom. The van der Waals surface area contributed by atoms with E-state index < -0.39 is 10.8 Å². The summed E-state index contributed by atoms with van der Waals surface area (Å²) in [5, 5.41) is 31.9. The van der Waals surface area contributed by atoms with Gasteiger partial charge >= 0.3 is 5.69 Å². The maximum Gasteiger partial charge on any atom is 0.311 e. The molecular weight excluding hydrogens is 326 g/mol. The first-order valence-electron chi connectivity index (χ1n) is 6.99. The first kappa shape index (κ1) is 17.5. The van der Waals surface area contributed by atoms with Crippen LogP contribution < -0.4 is 10.1 Å². The second-order valence-corrected chi connectivity index (χ2v) is 4.86. The number of nitrogens with one attached hydrogen (secondary N) is 1. The summed E-state index contributed by atoms with van der Waals surface area (Å²) < 4.78 is 4.90. The number of nitro benzene ring substituents is 1. The molecule has 0 aliphatic carbocycles. The van der Waals surface area contributed by atoms with Crippen LogP contribution in [-0.4, -0.2) is 23.0 Å². The third kappa shape index (κ3) is 4.33. The second kappa shape index (κ2) is 7.61. The summed E-state index contributed by atoms with van der Waals surface area (Å²) in [4.78, 5) is 22.6. The van der Waals surface area contributed by atoms with Crippen molar-refractivity contribution in [3.05, 3.63) is 63.7 Å². The number of nitro groups is 1. The number of hydrogen-bond donors (Lipinski definition) is 2. The van der Waals surface area contributed by atoms with Crippen LogP contribution in [0.3, 0.4) is 0 Å². The first-order chi connectivity index (χ1) is 11.9. The van der Waals surface area contributed by atoms with Crippen LogP contribution in [0.4, 0.5) is 11.4 Å². The lowest BCUT2D eigenvalue weighted by molar-refractivity contribution is -0.385. The number of aromatic hydroxyl groups is 1. The topological polar surface area (TPSA) is 125 Å². The summed E-state index contributed by atoms with van der Waals surface area (Å²) in [5.74, 6) is -0.555. The van der Waals surface area contributed by atoms with Gasteiger partial charge in [0.1, 0.15) is 17.4 Å². The molecule has 0 spiro atoms. The fourth-order valence-corrected chi connectivity index (χ4v) is 2.00. The monoisotopic (exact) mass is 339 g/mol. The van der Waals surface area contributed by atoms with Crippen molar-refractivity contribution in [2.45, 2.75) is 0 Å². The van der Waals surface area contributed by atoms with E-state index in [0.29, 0.717) is 11.3 Å². The number of methoxy groups -OCH3 is 1. The van der Waals surface area contributed by atoms with Gasteiger partial charge in [-0.05, 0) is 42.0 Å². The fraction of sp³-hybridized carbons (Fsp3) is 0.0588. The van der Waals surface area contributed by atoms with Crippen molar-refractivity contribution >= 4 is 23.4 Å². The summed E-state index contributed by atoms with van der Waals surface area (Å²) in [6.07, 6.45) is 1.24. The van der Waals surface area contributed by atoms with E-state index in [2.05, 4.69) is 5.32 Å². The number of carbonyl (C=O) groups is 1. The Bertz CT molecular complexity index is 882. The van der Waals surface area contributed by atoms with Gasteiger partial charge in [0.15, 0.2) is 5.75 Å². The molecule has 2 N–H and O–H groups in total. The average molecular weight is 339 g/mol. The van der Waals surface area contributed by atoms with E-state index in [1.54, 1.807) is 6.07 Å². The fourth-order valence-electron chi connectivity index (χ4n) is 2.00. The van der Waals surface area contributed by atoms with Crippen LogP contribution in [0, 0.1) is 21.4 Å².